The van der Waals surface area contributed by atoms with Crippen molar-refractivity contribution >= 4 is 34.4 Å². The van der Waals surface area contributed by atoms with Crippen LogP contribution in [0.5, 0.6) is 0 Å². The van der Waals surface area contributed by atoms with Crippen molar-refractivity contribution in [2.45, 2.75) is 26.3 Å². The van der Waals surface area contributed by atoms with Crippen molar-refractivity contribution in [1.29, 1.82) is 5.26 Å². The maximum Gasteiger partial charge on any atom is 0.374 e. The molecule has 7 nitrogen and oxygen atoms in total. The number of carbonyl (C=O) groups excluding carboxylic acids is 2. The van der Waals surface area contributed by atoms with Crippen LogP contribution in [-0.2, 0) is 9.53 Å². The van der Waals surface area contributed by atoms with E-state index in [0.29, 0.717) is 5.02 Å². The monoisotopic (exact) mass is 376 g/mol. The Balaban J connectivity index is 2.10. The number of nitrogens with zero attached hydrogens (tertiary/aromatic N) is 1. The minimum atomic E-state index is -1.09. The minimum Gasteiger partial charge on any atom is -0.450 e. The topological polar surface area (TPSA) is 109 Å². The van der Waals surface area contributed by atoms with Crippen LogP contribution < -0.4 is 10.7 Å². The summed E-state index contributed by atoms with van der Waals surface area (Å²) in [7, 11) is 0. The van der Waals surface area contributed by atoms with E-state index in [2.05, 4.69) is 5.32 Å². The van der Waals surface area contributed by atoms with Gasteiger partial charge in [-0.2, -0.15) is 5.26 Å². The van der Waals surface area contributed by atoms with E-state index in [-0.39, 0.29) is 22.6 Å². The van der Waals surface area contributed by atoms with Crippen molar-refractivity contribution in [1.82, 2.24) is 5.32 Å². The summed E-state index contributed by atoms with van der Waals surface area (Å²) in [4.78, 5) is 36.0. The molecule has 0 radical (unpaired) electrons. The lowest BCUT2D eigenvalue weighted by molar-refractivity contribution is -0.125. The standard InChI is InChI=1S/C18H17ClN2O5/c1-10(2)18(3,9-20)21-16(23)8-25-17(24)15-7-13(22)12-6-11(19)4-5-14(12)26-15/h4-7,10H,8H2,1-3H3,(H,21,23)/t18-/m1/s1. The minimum absolute atomic E-state index is 0.141. The third kappa shape index (κ3) is 4.21. The molecule has 0 aliphatic heterocycles. The maximum atomic E-state index is 12.1. The Hall–Kier alpha value is -2.85. The van der Waals surface area contributed by atoms with E-state index in [9.17, 15) is 19.6 Å². The van der Waals surface area contributed by atoms with E-state index in [0.717, 1.165) is 6.07 Å². The third-order valence-electron chi connectivity index (χ3n) is 4.01. The zero-order valence-electron chi connectivity index (χ0n) is 14.5. The van der Waals surface area contributed by atoms with Gasteiger partial charge in [0.05, 0.1) is 11.5 Å². The first kappa shape index (κ1) is 19.5. The number of hydrogen-bond donors (Lipinski definition) is 1. The molecule has 0 bridgehead atoms. The number of carbonyl (C=O) groups is 2. The second-order valence-corrected chi connectivity index (χ2v) is 6.64. The smallest absolute Gasteiger partial charge is 0.374 e. The van der Waals surface area contributed by atoms with Gasteiger partial charge in [0.1, 0.15) is 11.1 Å². The molecule has 2 rings (SSSR count). The molecule has 8 heteroatoms. The second kappa shape index (κ2) is 7.58. The zero-order valence-corrected chi connectivity index (χ0v) is 15.2. The number of halogens is 1. The summed E-state index contributed by atoms with van der Waals surface area (Å²) in [5.74, 6) is -2.06. The van der Waals surface area contributed by atoms with Gasteiger partial charge in [-0.1, -0.05) is 25.4 Å². The molecular weight excluding hydrogens is 360 g/mol. The Bertz CT molecular complexity index is 960. The van der Waals surface area contributed by atoms with Gasteiger partial charge in [0, 0.05) is 11.1 Å². The molecule has 0 saturated carbocycles. The van der Waals surface area contributed by atoms with Crippen LogP contribution in [0.15, 0.2) is 33.5 Å². The number of fused-ring (bicyclic) bond motifs is 1. The molecule has 0 saturated heterocycles. The molecule has 26 heavy (non-hydrogen) atoms. The molecule has 1 atom stereocenters. The molecule has 0 spiro atoms. The van der Waals surface area contributed by atoms with Gasteiger partial charge in [-0.3, -0.25) is 9.59 Å². The summed E-state index contributed by atoms with van der Waals surface area (Å²) in [6.07, 6.45) is 0. The number of hydrogen-bond acceptors (Lipinski definition) is 6. The van der Waals surface area contributed by atoms with E-state index >= 15 is 0 Å². The molecule has 0 unspecified atom stereocenters. The van der Waals surface area contributed by atoms with Crippen LogP contribution in [0.25, 0.3) is 11.0 Å². The molecule has 1 heterocycles. The Labute approximate surface area is 154 Å². The first-order chi connectivity index (χ1) is 12.2. The zero-order chi connectivity index (χ0) is 19.5. The van der Waals surface area contributed by atoms with Crippen molar-refractivity contribution in [3.05, 3.63) is 45.3 Å². The van der Waals surface area contributed by atoms with Crippen LogP contribution >= 0.6 is 11.6 Å². The van der Waals surface area contributed by atoms with E-state index in [1.807, 2.05) is 6.07 Å². The van der Waals surface area contributed by atoms with Gasteiger partial charge in [-0.15, -0.1) is 0 Å². The summed E-state index contributed by atoms with van der Waals surface area (Å²) in [5.41, 5.74) is -1.37. The number of ether oxygens (including phenoxy) is 1. The van der Waals surface area contributed by atoms with Crippen LogP contribution in [0, 0.1) is 17.2 Å². The fraction of sp³-hybridized carbons (Fsp3) is 0.333. The number of amides is 1. The molecule has 136 valence electrons. The van der Waals surface area contributed by atoms with E-state index < -0.39 is 29.5 Å². The molecule has 1 aromatic heterocycles. The summed E-state index contributed by atoms with van der Waals surface area (Å²) >= 11 is 5.82. The lowest BCUT2D eigenvalue weighted by Gasteiger charge is -2.27. The molecular formula is C18H17ClN2O5. The van der Waals surface area contributed by atoms with Crippen molar-refractivity contribution in [3.63, 3.8) is 0 Å². The summed E-state index contributed by atoms with van der Waals surface area (Å²) < 4.78 is 10.2. The summed E-state index contributed by atoms with van der Waals surface area (Å²) in [6, 6.07) is 7.41. The Morgan fingerprint density at radius 1 is 1.38 bits per heavy atom. The van der Waals surface area contributed by atoms with Gasteiger partial charge in [-0.05, 0) is 31.0 Å². The average molecular weight is 377 g/mol. The number of nitrogens with one attached hydrogen (secondary N) is 1. The maximum absolute atomic E-state index is 12.1. The largest absolute Gasteiger partial charge is 0.450 e. The van der Waals surface area contributed by atoms with E-state index in [1.165, 1.54) is 18.2 Å². The molecule has 1 amide bonds. The lowest BCUT2D eigenvalue weighted by atomic mass is 9.90. The van der Waals surface area contributed by atoms with E-state index in [4.69, 9.17) is 20.8 Å². The Kier molecular flexibility index (Phi) is 5.68. The highest BCUT2D eigenvalue weighted by Gasteiger charge is 2.30. The number of rotatable bonds is 5. The molecule has 1 aromatic carbocycles. The van der Waals surface area contributed by atoms with Crippen LogP contribution in [0.1, 0.15) is 31.3 Å². The van der Waals surface area contributed by atoms with Gasteiger partial charge < -0.3 is 14.5 Å². The predicted octanol–water partition coefficient (Wildman–Crippen LogP) is 2.66. The molecule has 0 aliphatic rings. The van der Waals surface area contributed by atoms with Crippen LogP contribution in [-0.4, -0.2) is 24.0 Å². The quantitative estimate of drug-likeness (QED) is 0.803. The fourth-order valence-corrected chi connectivity index (χ4v) is 2.23. The molecule has 1 N–H and O–H groups in total. The second-order valence-electron chi connectivity index (χ2n) is 6.21. The van der Waals surface area contributed by atoms with Gasteiger partial charge in [0.15, 0.2) is 12.0 Å². The fourth-order valence-electron chi connectivity index (χ4n) is 2.06. The van der Waals surface area contributed by atoms with Crippen molar-refractivity contribution in [3.8, 4) is 6.07 Å². The normalized spacial score (nSPS) is 13.1. The van der Waals surface area contributed by atoms with Crippen LogP contribution in [0.4, 0.5) is 0 Å². The van der Waals surface area contributed by atoms with Gasteiger partial charge >= 0.3 is 5.97 Å². The highest BCUT2D eigenvalue weighted by molar-refractivity contribution is 6.31. The number of benzene rings is 1. The molecule has 2 aromatic rings. The van der Waals surface area contributed by atoms with E-state index in [1.54, 1.807) is 20.8 Å². The number of nitriles is 1. The Morgan fingerprint density at radius 3 is 2.69 bits per heavy atom. The van der Waals surface area contributed by atoms with Crippen LogP contribution in [0.3, 0.4) is 0 Å². The predicted molar refractivity (Wildman–Crippen MR) is 94.8 cm³/mol. The van der Waals surface area contributed by atoms with Gasteiger partial charge in [0.25, 0.3) is 5.91 Å². The van der Waals surface area contributed by atoms with Crippen molar-refractivity contribution in [2.24, 2.45) is 5.92 Å². The summed E-state index contributed by atoms with van der Waals surface area (Å²) in [6.45, 7) is 4.53. The van der Waals surface area contributed by atoms with Gasteiger partial charge in [0.2, 0.25) is 5.76 Å². The Morgan fingerprint density at radius 2 is 2.08 bits per heavy atom. The highest BCUT2D eigenvalue weighted by atomic mass is 35.5. The van der Waals surface area contributed by atoms with Crippen molar-refractivity contribution in [2.75, 3.05) is 6.61 Å². The average Bonchev–Trinajstić information content (AvgIpc) is 2.59. The first-order valence-electron chi connectivity index (χ1n) is 7.79. The molecule has 0 aliphatic carbocycles. The number of esters is 1. The van der Waals surface area contributed by atoms with Crippen LogP contribution in [0.2, 0.25) is 5.02 Å². The molecule has 0 fully saturated rings. The van der Waals surface area contributed by atoms with Crippen molar-refractivity contribution < 1.29 is 18.7 Å². The highest BCUT2D eigenvalue weighted by Crippen LogP contribution is 2.18. The van der Waals surface area contributed by atoms with Gasteiger partial charge in [-0.25, -0.2) is 4.79 Å². The third-order valence-corrected chi connectivity index (χ3v) is 4.25. The SMILES string of the molecule is CC(C)[C@@](C)(C#N)NC(=O)COC(=O)c1cc(=O)c2cc(Cl)ccc2o1. The lowest BCUT2D eigenvalue weighted by Crippen LogP contribution is -2.50. The summed E-state index contributed by atoms with van der Waals surface area (Å²) in [5, 5.41) is 12.3. The first-order valence-corrected chi connectivity index (χ1v) is 8.17.